The van der Waals surface area contributed by atoms with Crippen LogP contribution < -0.4 is 5.73 Å². The second-order valence-electron chi connectivity index (χ2n) is 1.65. The van der Waals surface area contributed by atoms with Crippen LogP contribution in [0, 0.1) is 5.41 Å². The normalized spacial score (nSPS) is 9.80. The van der Waals surface area contributed by atoms with Gasteiger partial charge in [0, 0.05) is 5.56 Å². The van der Waals surface area contributed by atoms with Gasteiger partial charge in [0.2, 0.25) is 0 Å². The molecule has 0 bridgehead atoms. The highest BCUT2D eigenvalue weighted by atomic mass is 35.5. The van der Waals surface area contributed by atoms with Gasteiger partial charge >= 0.3 is 0 Å². The van der Waals surface area contributed by atoms with Crippen molar-refractivity contribution < 1.29 is 0 Å². The molecule has 54 valence electrons. The number of amidine groups is 1. The van der Waals surface area contributed by atoms with Gasteiger partial charge in [0.05, 0.1) is 4.34 Å². The number of nitrogens with one attached hydrogen (secondary N) is 1. The van der Waals surface area contributed by atoms with Crippen LogP contribution in [-0.2, 0) is 0 Å². The minimum absolute atomic E-state index is 0.0480. The Morgan fingerprint density at radius 2 is 2.20 bits per heavy atom. The number of thiophene rings is 1. The lowest BCUT2D eigenvalue weighted by atomic mass is 10.3. The first-order valence-electron chi connectivity index (χ1n) is 2.40. The predicted octanol–water partition coefficient (Wildman–Crippen LogP) is 2.34. The molecule has 0 aliphatic heterocycles. The molecule has 1 rings (SSSR count). The van der Waals surface area contributed by atoms with E-state index in [1.54, 1.807) is 6.07 Å². The van der Waals surface area contributed by atoms with Crippen molar-refractivity contribution in [1.29, 1.82) is 5.41 Å². The second kappa shape index (κ2) is 2.78. The summed E-state index contributed by atoms with van der Waals surface area (Å²) < 4.78 is 1.02. The molecule has 0 aliphatic carbocycles. The number of hydrogen-bond acceptors (Lipinski definition) is 2. The average molecular weight is 195 g/mol. The van der Waals surface area contributed by atoms with Crippen molar-refractivity contribution in [1.82, 2.24) is 0 Å². The van der Waals surface area contributed by atoms with Gasteiger partial charge in [-0.25, -0.2) is 0 Å². The predicted molar refractivity (Wildman–Crippen MR) is 45.4 cm³/mol. The van der Waals surface area contributed by atoms with Crippen LogP contribution in [0.25, 0.3) is 0 Å². The zero-order valence-electron chi connectivity index (χ0n) is 4.82. The molecule has 2 nitrogen and oxygen atoms in total. The fraction of sp³-hybridized carbons (Fsp3) is 0. The highest BCUT2D eigenvalue weighted by Gasteiger charge is 2.06. The highest BCUT2D eigenvalue weighted by molar-refractivity contribution is 7.20. The molecule has 0 fully saturated rings. The molecule has 5 heteroatoms. The lowest BCUT2D eigenvalue weighted by Crippen LogP contribution is -2.09. The van der Waals surface area contributed by atoms with E-state index in [0.29, 0.717) is 14.2 Å². The Hall–Kier alpha value is -0.250. The van der Waals surface area contributed by atoms with Crippen LogP contribution in [0.2, 0.25) is 8.67 Å². The van der Waals surface area contributed by atoms with E-state index in [4.69, 9.17) is 34.3 Å². The molecule has 0 atom stereocenters. The number of rotatable bonds is 1. The molecule has 1 aromatic heterocycles. The van der Waals surface area contributed by atoms with Gasteiger partial charge in [-0.1, -0.05) is 23.2 Å². The lowest BCUT2D eigenvalue weighted by Gasteiger charge is -1.89. The van der Waals surface area contributed by atoms with Crippen molar-refractivity contribution >= 4 is 40.4 Å². The van der Waals surface area contributed by atoms with Gasteiger partial charge in [0.1, 0.15) is 10.2 Å². The Morgan fingerprint density at radius 3 is 2.40 bits per heavy atom. The summed E-state index contributed by atoms with van der Waals surface area (Å²) in [5.41, 5.74) is 5.69. The Labute approximate surface area is 72.1 Å². The SMILES string of the molecule is N=C(N)c1cc(Cl)sc1Cl. The molecule has 0 saturated carbocycles. The van der Waals surface area contributed by atoms with Crippen LogP contribution in [0.5, 0.6) is 0 Å². The van der Waals surface area contributed by atoms with E-state index in [1.807, 2.05) is 0 Å². The van der Waals surface area contributed by atoms with E-state index >= 15 is 0 Å². The zero-order valence-corrected chi connectivity index (χ0v) is 7.15. The minimum atomic E-state index is -0.0480. The van der Waals surface area contributed by atoms with E-state index in [1.165, 1.54) is 11.3 Å². The van der Waals surface area contributed by atoms with Gasteiger partial charge in [-0.2, -0.15) is 0 Å². The van der Waals surface area contributed by atoms with Crippen LogP contribution in [-0.4, -0.2) is 5.84 Å². The third-order valence-corrected chi connectivity index (χ3v) is 2.43. The molecule has 1 heterocycles. The fourth-order valence-corrected chi connectivity index (χ4v) is 2.02. The van der Waals surface area contributed by atoms with Crippen LogP contribution in [0.3, 0.4) is 0 Å². The second-order valence-corrected chi connectivity index (χ2v) is 3.94. The standard InChI is InChI=1S/C5H4Cl2N2S/c6-3-1-2(5(8)9)4(7)10-3/h1H,(H3,8,9). The van der Waals surface area contributed by atoms with Crippen LogP contribution >= 0.6 is 34.5 Å². The Kier molecular flexibility index (Phi) is 2.18. The van der Waals surface area contributed by atoms with Gasteiger partial charge in [-0.3, -0.25) is 5.41 Å². The van der Waals surface area contributed by atoms with E-state index in [-0.39, 0.29) is 5.84 Å². The molecular weight excluding hydrogens is 191 g/mol. The summed E-state index contributed by atoms with van der Waals surface area (Å²) in [6.07, 6.45) is 0. The van der Waals surface area contributed by atoms with Gasteiger partial charge in [0.25, 0.3) is 0 Å². The van der Waals surface area contributed by atoms with Gasteiger partial charge in [-0.15, -0.1) is 11.3 Å². The van der Waals surface area contributed by atoms with Gasteiger partial charge in [-0.05, 0) is 6.07 Å². The maximum Gasteiger partial charge on any atom is 0.125 e. The van der Waals surface area contributed by atoms with Crippen molar-refractivity contribution in [2.45, 2.75) is 0 Å². The van der Waals surface area contributed by atoms with Crippen molar-refractivity contribution in [2.24, 2.45) is 5.73 Å². The van der Waals surface area contributed by atoms with Crippen molar-refractivity contribution in [2.75, 3.05) is 0 Å². The van der Waals surface area contributed by atoms with Crippen LogP contribution in [0.4, 0.5) is 0 Å². The Balaban J connectivity index is 3.15. The summed E-state index contributed by atoms with van der Waals surface area (Å²) >= 11 is 12.5. The van der Waals surface area contributed by atoms with Crippen molar-refractivity contribution in [3.8, 4) is 0 Å². The van der Waals surface area contributed by atoms with Gasteiger partial charge < -0.3 is 5.73 Å². The van der Waals surface area contributed by atoms with Crippen LogP contribution in [0.15, 0.2) is 6.07 Å². The zero-order chi connectivity index (χ0) is 7.72. The van der Waals surface area contributed by atoms with E-state index in [9.17, 15) is 0 Å². The topological polar surface area (TPSA) is 49.9 Å². The molecule has 3 N–H and O–H groups in total. The van der Waals surface area contributed by atoms with Crippen molar-refractivity contribution in [3.63, 3.8) is 0 Å². The van der Waals surface area contributed by atoms with E-state index < -0.39 is 0 Å². The summed E-state index contributed by atoms with van der Waals surface area (Å²) in [7, 11) is 0. The number of halogens is 2. The molecule has 0 radical (unpaired) electrons. The summed E-state index contributed by atoms with van der Waals surface area (Å²) in [5, 5.41) is 7.03. The van der Waals surface area contributed by atoms with Crippen molar-refractivity contribution in [3.05, 3.63) is 20.3 Å². The minimum Gasteiger partial charge on any atom is -0.384 e. The number of hydrogen-bond donors (Lipinski definition) is 2. The van der Waals surface area contributed by atoms with E-state index in [2.05, 4.69) is 0 Å². The van der Waals surface area contributed by atoms with Gasteiger partial charge in [0.15, 0.2) is 0 Å². The molecule has 0 saturated heterocycles. The third kappa shape index (κ3) is 1.42. The fourth-order valence-electron chi connectivity index (χ4n) is 0.524. The molecule has 0 aliphatic rings. The summed E-state index contributed by atoms with van der Waals surface area (Å²) in [5.74, 6) is -0.0480. The summed E-state index contributed by atoms with van der Waals surface area (Å²) in [4.78, 5) is 0. The third-order valence-electron chi connectivity index (χ3n) is 0.947. The number of nitrogen functional groups attached to an aromatic ring is 1. The molecular formula is C5H4Cl2N2S. The highest BCUT2D eigenvalue weighted by Crippen LogP contribution is 2.30. The monoisotopic (exact) mass is 194 g/mol. The quantitative estimate of drug-likeness (QED) is 0.524. The maximum atomic E-state index is 7.03. The van der Waals surface area contributed by atoms with E-state index in [0.717, 1.165) is 0 Å². The first-order valence-corrected chi connectivity index (χ1v) is 3.97. The van der Waals surface area contributed by atoms with Crippen LogP contribution in [0.1, 0.15) is 5.56 Å². The smallest absolute Gasteiger partial charge is 0.125 e. The molecule has 1 aromatic rings. The molecule has 0 spiro atoms. The molecule has 10 heavy (non-hydrogen) atoms. The molecule has 0 unspecified atom stereocenters. The Morgan fingerprint density at radius 1 is 1.60 bits per heavy atom. The largest absolute Gasteiger partial charge is 0.384 e. The average Bonchev–Trinajstić information content (AvgIpc) is 2.10. The summed E-state index contributed by atoms with van der Waals surface area (Å²) in [6.45, 7) is 0. The first-order chi connectivity index (χ1) is 4.61. The first kappa shape index (κ1) is 7.85. The molecule has 0 aromatic carbocycles. The maximum absolute atomic E-state index is 7.03. The summed E-state index contributed by atoms with van der Waals surface area (Å²) in [6, 6.07) is 1.58. The number of nitrogens with two attached hydrogens (primary N) is 1. The molecule has 0 amide bonds. The lowest BCUT2D eigenvalue weighted by molar-refractivity contribution is 1.44. The Bertz CT molecular complexity index is 269.